The van der Waals surface area contributed by atoms with Crippen molar-refractivity contribution in [3.05, 3.63) is 65.0 Å². The molecule has 3 rings (SSSR count). The molecule has 2 amide bonds. The average molecular weight is 328 g/mol. The minimum Gasteiger partial charge on any atom is -0.332 e. The maximum atomic E-state index is 13.5. The van der Waals surface area contributed by atoms with Crippen molar-refractivity contribution in [3.8, 4) is 11.3 Å². The van der Waals surface area contributed by atoms with Gasteiger partial charge < -0.3 is 10.6 Å². The molecule has 0 fully saturated rings. The van der Waals surface area contributed by atoms with Gasteiger partial charge in [0, 0.05) is 23.3 Å². The molecule has 1 aromatic carbocycles. The molecular formula is C16H13FN4OS. The van der Waals surface area contributed by atoms with Crippen LogP contribution in [-0.4, -0.2) is 16.0 Å². The second-order valence-corrected chi connectivity index (χ2v) is 5.43. The maximum Gasteiger partial charge on any atom is 0.319 e. The Morgan fingerprint density at radius 1 is 1.17 bits per heavy atom. The van der Waals surface area contributed by atoms with E-state index in [0.717, 1.165) is 11.3 Å². The topological polar surface area (TPSA) is 66.9 Å². The van der Waals surface area contributed by atoms with E-state index in [4.69, 9.17) is 0 Å². The zero-order chi connectivity index (χ0) is 16.1. The van der Waals surface area contributed by atoms with E-state index < -0.39 is 11.8 Å². The third kappa shape index (κ3) is 3.70. The minimum atomic E-state index is -0.503. The summed E-state index contributed by atoms with van der Waals surface area (Å²) < 4.78 is 13.5. The molecule has 0 bridgehead atoms. The molecule has 0 radical (unpaired) electrons. The van der Waals surface area contributed by atoms with Crippen molar-refractivity contribution < 1.29 is 9.18 Å². The number of hydrogen-bond acceptors (Lipinski definition) is 4. The molecule has 0 aliphatic rings. The number of amides is 2. The molecule has 0 atom stereocenters. The lowest BCUT2D eigenvalue weighted by molar-refractivity contribution is 0.251. The number of rotatable bonds is 4. The zero-order valence-corrected chi connectivity index (χ0v) is 12.8. The second kappa shape index (κ2) is 6.97. The predicted molar refractivity (Wildman–Crippen MR) is 87.6 cm³/mol. The van der Waals surface area contributed by atoms with E-state index in [1.54, 1.807) is 35.9 Å². The first-order valence-electron chi connectivity index (χ1n) is 6.86. The van der Waals surface area contributed by atoms with Crippen molar-refractivity contribution in [2.75, 3.05) is 5.32 Å². The largest absolute Gasteiger partial charge is 0.332 e. The first-order chi connectivity index (χ1) is 11.2. The van der Waals surface area contributed by atoms with Gasteiger partial charge in [-0.05, 0) is 23.6 Å². The second-order valence-electron chi connectivity index (χ2n) is 4.65. The van der Waals surface area contributed by atoms with Crippen molar-refractivity contribution in [1.82, 2.24) is 15.3 Å². The average Bonchev–Trinajstić information content (AvgIpc) is 3.10. The van der Waals surface area contributed by atoms with Gasteiger partial charge >= 0.3 is 6.03 Å². The molecule has 5 nitrogen and oxygen atoms in total. The Morgan fingerprint density at radius 2 is 2.00 bits per heavy atom. The van der Waals surface area contributed by atoms with Gasteiger partial charge in [-0.2, -0.15) is 11.3 Å². The van der Waals surface area contributed by atoms with Crippen LogP contribution in [0.1, 0.15) is 5.69 Å². The predicted octanol–water partition coefficient (Wildman–Crippen LogP) is 3.67. The quantitative estimate of drug-likeness (QED) is 0.768. The Labute approximate surface area is 136 Å². The molecule has 0 unspecified atom stereocenters. The van der Waals surface area contributed by atoms with Crippen LogP contribution >= 0.6 is 11.3 Å². The number of urea groups is 1. The van der Waals surface area contributed by atoms with E-state index in [1.807, 2.05) is 16.8 Å². The number of hydrogen-bond donors (Lipinski definition) is 2. The third-order valence-electron chi connectivity index (χ3n) is 3.11. The van der Waals surface area contributed by atoms with E-state index in [9.17, 15) is 9.18 Å². The van der Waals surface area contributed by atoms with Gasteiger partial charge in [-0.15, -0.1) is 0 Å². The molecule has 2 aromatic heterocycles. The molecule has 7 heteroatoms. The van der Waals surface area contributed by atoms with Crippen molar-refractivity contribution in [2.45, 2.75) is 6.54 Å². The molecule has 116 valence electrons. The van der Waals surface area contributed by atoms with Crippen molar-refractivity contribution >= 4 is 23.1 Å². The number of nitrogens with one attached hydrogen (secondary N) is 2. The number of halogens is 1. The Kier molecular flexibility index (Phi) is 4.58. The SMILES string of the molecule is O=C(NCc1nccnc1-c1ccsc1)Nc1ccccc1F. The molecule has 2 N–H and O–H groups in total. The van der Waals surface area contributed by atoms with Crippen molar-refractivity contribution in [3.63, 3.8) is 0 Å². The van der Waals surface area contributed by atoms with Crippen molar-refractivity contribution in [1.29, 1.82) is 0 Å². The number of carbonyl (C=O) groups is 1. The molecule has 0 saturated heterocycles. The lowest BCUT2D eigenvalue weighted by atomic mass is 10.2. The van der Waals surface area contributed by atoms with Gasteiger partial charge in [0.15, 0.2) is 0 Å². The highest BCUT2D eigenvalue weighted by molar-refractivity contribution is 7.08. The first-order valence-corrected chi connectivity index (χ1v) is 7.80. The molecule has 23 heavy (non-hydrogen) atoms. The molecule has 0 aliphatic carbocycles. The van der Waals surface area contributed by atoms with Crippen LogP contribution in [0.4, 0.5) is 14.9 Å². The molecule has 2 heterocycles. The number of thiophene rings is 1. The van der Waals surface area contributed by atoms with E-state index in [0.29, 0.717) is 5.69 Å². The molecule has 0 aliphatic heterocycles. The molecule has 3 aromatic rings. The molecule has 0 spiro atoms. The molecular weight excluding hydrogens is 315 g/mol. The van der Waals surface area contributed by atoms with Crippen LogP contribution in [0, 0.1) is 5.82 Å². The summed E-state index contributed by atoms with van der Waals surface area (Å²) >= 11 is 1.56. The number of benzene rings is 1. The van der Waals surface area contributed by atoms with Gasteiger partial charge in [0.1, 0.15) is 5.82 Å². The minimum absolute atomic E-state index is 0.127. The van der Waals surface area contributed by atoms with E-state index in [-0.39, 0.29) is 12.2 Å². The summed E-state index contributed by atoms with van der Waals surface area (Å²) in [6.45, 7) is 0.194. The highest BCUT2D eigenvalue weighted by Gasteiger charge is 2.10. The summed E-state index contributed by atoms with van der Waals surface area (Å²) in [7, 11) is 0. The summed E-state index contributed by atoms with van der Waals surface area (Å²) in [6.07, 6.45) is 3.18. The van der Waals surface area contributed by atoms with Crippen LogP contribution in [0.15, 0.2) is 53.5 Å². The van der Waals surface area contributed by atoms with E-state index in [2.05, 4.69) is 20.6 Å². The van der Waals surface area contributed by atoms with Gasteiger partial charge in [0.2, 0.25) is 0 Å². The van der Waals surface area contributed by atoms with Crippen LogP contribution in [0.5, 0.6) is 0 Å². The third-order valence-corrected chi connectivity index (χ3v) is 3.79. The lowest BCUT2D eigenvalue weighted by Crippen LogP contribution is -2.29. The fraction of sp³-hybridized carbons (Fsp3) is 0.0625. The summed E-state index contributed by atoms with van der Waals surface area (Å²) in [6, 6.07) is 7.43. The summed E-state index contributed by atoms with van der Waals surface area (Å²) in [4.78, 5) is 20.5. The number of carbonyl (C=O) groups excluding carboxylic acids is 1. The molecule has 0 saturated carbocycles. The number of aromatic nitrogens is 2. The van der Waals surface area contributed by atoms with Crippen LogP contribution in [0.3, 0.4) is 0 Å². The van der Waals surface area contributed by atoms with Gasteiger partial charge in [-0.25, -0.2) is 9.18 Å². The highest BCUT2D eigenvalue weighted by atomic mass is 32.1. The number of nitrogens with zero attached hydrogens (tertiary/aromatic N) is 2. The van der Waals surface area contributed by atoms with Gasteiger partial charge in [0.25, 0.3) is 0 Å². The van der Waals surface area contributed by atoms with E-state index >= 15 is 0 Å². The number of anilines is 1. The van der Waals surface area contributed by atoms with Gasteiger partial charge in [0.05, 0.1) is 23.6 Å². The summed E-state index contributed by atoms with van der Waals surface area (Å²) in [5.74, 6) is -0.485. The summed E-state index contributed by atoms with van der Waals surface area (Å²) in [5.41, 5.74) is 2.45. The van der Waals surface area contributed by atoms with Crippen LogP contribution in [0.2, 0.25) is 0 Å². The Hall–Kier alpha value is -2.80. The Balaban J connectivity index is 1.67. The maximum absolute atomic E-state index is 13.5. The van der Waals surface area contributed by atoms with Crippen molar-refractivity contribution in [2.24, 2.45) is 0 Å². The normalized spacial score (nSPS) is 10.3. The van der Waals surface area contributed by atoms with Gasteiger partial charge in [-0.1, -0.05) is 12.1 Å². The zero-order valence-electron chi connectivity index (χ0n) is 12.0. The summed E-state index contributed by atoms with van der Waals surface area (Å²) in [5, 5.41) is 9.04. The van der Waals surface area contributed by atoms with Crippen LogP contribution in [-0.2, 0) is 6.54 Å². The van der Waals surface area contributed by atoms with Gasteiger partial charge in [-0.3, -0.25) is 9.97 Å². The Morgan fingerprint density at radius 3 is 2.78 bits per heavy atom. The van der Waals surface area contributed by atoms with Crippen LogP contribution in [0.25, 0.3) is 11.3 Å². The monoisotopic (exact) mass is 328 g/mol. The standard InChI is InChI=1S/C16H13FN4OS/c17-12-3-1-2-4-13(12)21-16(22)20-9-14-15(19-7-6-18-14)11-5-8-23-10-11/h1-8,10H,9H2,(H2,20,21,22). The fourth-order valence-electron chi connectivity index (χ4n) is 2.03. The first kappa shape index (κ1) is 15.1. The van der Waals surface area contributed by atoms with E-state index in [1.165, 1.54) is 12.1 Å². The number of para-hydroxylation sites is 1. The van der Waals surface area contributed by atoms with Crippen LogP contribution < -0.4 is 10.6 Å². The smallest absolute Gasteiger partial charge is 0.319 e. The Bertz CT molecular complexity index is 807. The lowest BCUT2D eigenvalue weighted by Gasteiger charge is -2.09. The fourth-order valence-corrected chi connectivity index (χ4v) is 2.67. The highest BCUT2D eigenvalue weighted by Crippen LogP contribution is 2.22.